The van der Waals surface area contributed by atoms with Crippen LogP contribution in [0.3, 0.4) is 0 Å². The third-order valence-electron chi connectivity index (χ3n) is 5.17. The van der Waals surface area contributed by atoms with Crippen molar-refractivity contribution >= 4 is 12.1 Å². The number of hydrogen-bond acceptors (Lipinski definition) is 6. The van der Waals surface area contributed by atoms with Crippen LogP contribution >= 0.6 is 0 Å². The molecule has 1 heterocycles. The van der Waals surface area contributed by atoms with Crippen molar-refractivity contribution in [3.8, 4) is 17.2 Å². The van der Waals surface area contributed by atoms with Gasteiger partial charge in [0, 0.05) is 18.0 Å². The van der Waals surface area contributed by atoms with Crippen LogP contribution in [0.25, 0.3) is 0 Å². The molecule has 0 aliphatic carbocycles. The fourth-order valence-corrected chi connectivity index (χ4v) is 3.16. The Morgan fingerprint density at radius 3 is 2.48 bits per heavy atom. The Morgan fingerprint density at radius 1 is 1.03 bits per heavy atom. The molecular weight excluding hydrogens is 418 g/mol. The highest BCUT2D eigenvalue weighted by atomic mass is 16.5. The smallest absolute Gasteiger partial charge is 0.271 e. The largest absolute Gasteiger partial charge is 0.493 e. The molecule has 1 amide bonds. The number of hydrogen-bond donors (Lipinski definition) is 1. The van der Waals surface area contributed by atoms with Gasteiger partial charge in [0.25, 0.3) is 5.91 Å². The first-order valence-corrected chi connectivity index (χ1v) is 10.9. The van der Waals surface area contributed by atoms with E-state index in [1.165, 1.54) is 5.56 Å². The first kappa shape index (κ1) is 23.8. The number of carbonyl (C=O) groups is 1. The van der Waals surface area contributed by atoms with Gasteiger partial charge in [0.15, 0.2) is 11.5 Å². The summed E-state index contributed by atoms with van der Waals surface area (Å²) >= 11 is 0. The SMILES string of the molecule is CC[C@@H](C)c1ccccc1OCCOc1ccc(C=NNC(=O)c2ccncc2)cc1OC. The number of rotatable bonds is 11. The molecule has 1 atom stereocenters. The van der Waals surface area contributed by atoms with E-state index in [9.17, 15) is 4.79 Å². The van der Waals surface area contributed by atoms with E-state index in [1.54, 1.807) is 50.0 Å². The zero-order chi connectivity index (χ0) is 23.5. The number of nitrogens with one attached hydrogen (secondary N) is 1. The molecule has 3 aromatic rings. The third kappa shape index (κ3) is 6.80. The number of nitrogens with zero attached hydrogens (tertiary/aromatic N) is 2. The van der Waals surface area contributed by atoms with Crippen LogP contribution in [0.1, 0.15) is 47.7 Å². The maximum Gasteiger partial charge on any atom is 0.271 e. The molecule has 2 aromatic carbocycles. The molecule has 0 bridgehead atoms. The van der Waals surface area contributed by atoms with Crippen LogP contribution in [-0.2, 0) is 0 Å². The van der Waals surface area contributed by atoms with Gasteiger partial charge in [-0.1, -0.05) is 32.0 Å². The highest BCUT2D eigenvalue weighted by molar-refractivity contribution is 5.94. The highest BCUT2D eigenvalue weighted by Gasteiger charge is 2.10. The van der Waals surface area contributed by atoms with Crippen LogP contribution < -0.4 is 19.6 Å². The lowest BCUT2D eigenvalue weighted by Crippen LogP contribution is -2.17. The molecule has 0 aliphatic heterocycles. The van der Waals surface area contributed by atoms with Gasteiger partial charge >= 0.3 is 0 Å². The van der Waals surface area contributed by atoms with E-state index in [2.05, 4.69) is 35.4 Å². The molecule has 0 saturated carbocycles. The predicted octanol–water partition coefficient (Wildman–Crippen LogP) is 4.83. The monoisotopic (exact) mass is 447 g/mol. The summed E-state index contributed by atoms with van der Waals surface area (Å²) in [5, 5.41) is 4.00. The lowest BCUT2D eigenvalue weighted by atomic mass is 9.98. The van der Waals surface area contributed by atoms with E-state index in [-0.39, 0.29) is 5.91 Å². The second-order valence-electron chi connectivity index (χ2n) is 7.39. The molecule has 0 radical (unpaired) electrons. The molecule has 0 aliphatic rings. The Hall–Kier alpha value is -3.87. The lowest BCUT2D eigenvalue weighted by molar-refractivity contribution is 0.0955. The van der Waals surface area contributed by atoms with Gasteiger partial charge in [0.2, 0.25) is 0 Å². The minimum absolute atomic E-state index is 0.310. The summed E-state index contributed by atoms with van der Waals surface area (Å²) in [4.78, 5) is 15.9. The van der Waals surface area contributed by atoms with Crippen LogP contribution in [-0.4, -0.2) is 37.4 Å². The third-order valence-corrected chi connectivity index (χ3v) is 5.17. The first-order chi connectivity index (χ1) is 16.1. The number of amides is 1. The van der Waals surface area contributed by atoms with Crippen molar-refractivity contribution in [2.45, 2.75) is 26.2 Å². The van der Waals surface area contributed by atoms with Crippen molar-refractivity contribution in [2.24, 2.45) is 5.10 Å². The molecule has 0 unspecified atom stereocenters. The van der Waals surface area contributed by atoms with Crippen LogP contribution in [0, 0.1) is 0 Å². The Bertz CT molecular complexity index is 1070. The zero-order valence-electron chi connectivity index (χ0n) is 19.2. The molecule has 1 N–H and O–H groups in total. The van der Waals surface area contributed by atoms with E-state index in [0.717, 1.165) is 17.7 Å². The second-order valence-corrected chi connectivity index (χ2v) is 7.39. The molecule has 7 heteroatoms. The van der Waals surface area contributed by atoms with Gasteiger partial charge in [-0.15, -0.1) is 0 Å². The van der Waals surface area contributed by atoms with Crippen molar-refractivity contribution < 1.29 is 19.0 Å². The van der Waals surface area contributed by atoms with E-state index in [0.29, 0.717) is 36.2 Å². The first-order valence-electron chi connectivity index (χ1n) is 10.9. The van der Waals surface area contributed by atoms with Crippen LogP contribution in [0.2, 0.25) is 0 Å². The molecule has 0 saturated heterocycles. The summed E-state index contributed by atoms with van der Waals surface area (Å²) < 4.78 is 17.3. The Labute approximate surface area is 194 Å². The average Bonchev–Trinajstić information content (AvgIpc) is 2.87. The summed E-state index contributed by atoms with van der Waals surface area (Å²) in [5.41, 5.74) is 4.93. The number of hydrazone groups is 1. The van der Waals surface area contributed by atoms with Crippen molar-refractivity contribution in [2.75, 3.05) is 20.3 Å². The minimum Gasteiger partial charge on any atom is -0.493 e. The van der Waals surface area contributed by atoms with Gasteiger partial charge in [-0.3, -0.25) is 9.78 Å². The average molecular weight is 448 g/mol. The Balaban J connectivity index is 1.53. The summed E-state index contributed by atoms with van der Waals surface area (Å²) in [6, 6.07) is 16.8. The van der Waals surface area contributed by atoms with Gasteiger partial charge < -0.3 is 14.2 Å². The second kappa shape index (κ2) is 12.2. The van der Waals surface area contributed by atoms with Gasteiger partial charge in [0.1, 0.15) is 19.0 Å². The standard InChI is InChI=1S/C26H29N3O4/c1-4-19(2)22-7-5-6-8-23(22)32-15-16-33-24-10-9-20(17-25(24)31-3)18-28-29-26(30)21-11-13-27-14-12-21/h5-14,17-19H,4,15-16H2,1-3H3,(H,29,30)/t19-/m1/s1. The molecule has 1 aromatic heterocycles. The van der Waals surface area contributed by atoms with Crippen LogP contribution in [0.5, 0.6) is 17.2 Å². The summed E-state index contributed by atoms with van der Waals surface area (Å²) in [5.74, 6) is 2.19. The summed E-state index contributed by atoms with van der Waals surface area (Å²) in [6.07, 6.45) is 5.70. The van der Waals surface area contributed by atoms with Gasteiger partial charge in [-0.25, -0.2) is 5.43 Å². The number of para-hydroxylation sites is 1. The normalized spacial score (nSPS) is 11.7. The van der Waals surface area contributed by atoms with Crippen LogP contribution in [0.4, 0.5) is 0 Å². The van der Waals surface area contributed by atoms with E-state index in [4.69, 9.17) is 14.2 Å². The quantitative estimate of drug-likeness (QED) is 0.259. The number of ether oxygens (including phenoxy) is 3. The van der Waals surface area contributed by atoms with E-state index >= 15 is 0 Å². The maximum atomic E-state index is 12.0. The fourth-order valence-electron chi connectivity index (χ4n) is 3.16. The molecule has 172 valence electrons. The number of methoxy groups -OCH3 is 1. The summed E-state index contributed by atoms with van der Waals surface area (Å²) in [6.45, 7) is 5.15. The molecule has 0 fully saturated rings. The molecular formula is C26H29N3O4. The number of benzene rings is 2. The number of pyridine rings is 1. The summed E-state index contributed by atoms with van der Waals surface area (Å²) in [7, 11) is 1.58. The van der Waals surface area contributed by atoms with Gasteiger partial charge in [-0.05, 0) is 59.9 Å². The minimum atomic E-state index is -0.310. The van der Waals surface area contributed by atoms with E-state index in [1.807, 2.05) is 24.3 Å². The van der Waals surface area contributed by atoms with Gasteiger partial charge in [0.05, 0.1) is 13.3 Å². The Kier molecular flexibility index (Phi) is 8.82. The Morgan fingerprint density at radius 2 is 1.76 bits per heavy atom. The molecule has 3 rings (SSSR count). The lowest BCUT2D eigenvalue weighted by Gasteiger charge is -2.16. The molecule has 7 nitrogen and oxygen atoms in total. The fraction of sp³-hybridized carbons (Fsp3) is 0.269. The zero-order valence-corrected chi connectivity index (χ0v) is 19.2. The number of carbonyl (C=O) groups excluding carboxylic acids is 1. The topological polar surface area (TPSA) is 82.0 Å². The van der Waals surface area contributed by atoms with Gasteiger partial charge in [-0.2, -0.15) is 5.10 Å². The predicted molar refractivity (Wildman–Crippen MR) is 128 cm³/mol. The van der Waals surface area contributed by atoms with Crippen molar-refractivity contribution in [1.82, 2.24) is 10.4 Å². The van der Waals surface area contributed by atoms with Crippen molar-refractivity contribution in [1.29, 1.82) is 0 Å². The molecule has 33 heavy (non-hydrogen) atoms. The highest BCUT2D eigenvalue weighted by Crippen LogP contribution is 2.29. The van der Waals surface area contributed by atoms with Crippen LogP contribution in [0.15, 0.2) is 72.1 Å². The maximum absolute atomic E-state index is 12.0. The molecule has 0 spiro atoms. The van der Waals surface area contributed by atoms with Crippen molar-refractivity contribution in [3.05, 3.63) is 83.7 Å². The number of aromatic nitrogens is 1. The van der Waals surface area contributed by atoms with Crippen molar-refractivity contribution in [3.63, 3.8) is 0 Å². The van der Waals surface area contributed by atoms with E-state index < -0.39 is 0 Å².